The predicted molar refractivity (Wildman–Crippen MR) is 42.4 cm³/mol. The molecule has 0 spiro atoms. The number of rotatable bonds is 4. The Morgan fingerprint density at radius 1 is 1.43 bits per heavy atom. The van der Waals surface area contributed by atoms with E-state index in [-0.39, 0.29) is 5.57 Å². The summed E-state index contributed by atoms with van der Waals surface area (Å²) in [5.41, 5.74) is 0.164. The molecule has 0 N–H and O–H groups in total. The maximum Gasteiger partial charge on any atom is 0.522 e. The van der Waals surface area contributed by atoms with Gasteiger partial charge in [-0.2, -0.15) is 0 Å². The van der Waals surface area contributed by atoms with Crippen molar-refractivity contribution in [3.05, 3.63) is 11.6 Å². The van der Waals surface area contributed by atoms with Crippen LogP contribution in [0.4, 0.5) is 13.2 Å². The Hall–Kier alpha value is -1.04. The fourth-order valence-electron chi connectivity index (χ4n) is 0.740. The van der Waals surface area contributed by atoms with E-state index in [0.29, 0.717) is 6.42 Å². The third-order valence-electron chi connectivity index (χ3n) is 1.41. The summed E-state index contributed by atoms with van der Waals surface area (Å²) in [6, 6.07) is 0. The number of carbonyl (C=O) groups excluding carboxylic acids is 1. The van der Waals surface area contributed by atoms with Crippen LogP contribution < -0.4 is 0 Å². The van der Waals surface area contributed by atoms with E-state index in [9.17, 15) is 18.0 Å². The van der Waals surface area contributed by atoms with Crippen molar-refractivity contribution in [2.75, 3.05) is 13.7 Å². The highest BCUT2D eigenvalue weighted by Gasteiger charge is 2.28. The van der Waals surface area contributed by atoms with Crippen LogP contribution in [-0.4, -0.2) is 26.0 Å². The van der Waals surface area contributed by atoms with Crippen molar-refractivity contribution in [1.29, 1.82) is 0 Å². The first-order valence-corrected chi connectivity index (χ1v) is 3.88. The van der Waals surface area contributed by atoms with Gasteiger partial charge in [-0.1, -0.05) is 6.92 Å². The molecule has 0 aliphatic heterocycles. The van der Waals surface area contributed by atoms with Crippen LogP contribution in [0.5, 0.6) is 0 Å². The second-order valence-electron chi connectivity index (χ2n) is 2.33. The molecule has 0 aliphatic carbocycles. The molecule has 0 radical (unpaired) electrons. The number of carbonyl (C=O) groups is 1. The van der Waals surface area contributed by atoms with E-state index in [0.717, 1.165) is 13.2 Å². The van der Waals surface area contributed by atoms with E-state index < -0.39 is 18.9 Å². The van der Waals surface area contributed by atoms with Crippen molar-refractivity contribution in [3.8, 4) is 0 Å². The molecular formula is C8H11F3O3. The first kappa shape index (κ1) is 13.0. The largest absolute Gasteiger partial charge is 0.522 e. The van der Waals surface area contributed by atoms with Crippen molar-refractivity contribution in [2.24, 2.45) is 0 Å². The van der Waals surface area contributed by atoms with Gasteiger partial charge in [0.05, 0.1) is 13.7 Å². The van der Waals surface area contributed by atoms with E-state index in [1.54, 1.807) is 6.92 Å². The van der Waals surface area contributed by atoms with Crippen LogP contribution in [0.3, 0.4) is 0 Å². The second-order valence-corrected chi connectivity index (χ2v) is 2.33. The zero-order valence-electron chi connectivity index (χ0n) is 7.85. The standard InChI is InChI=1S/C8H11F3O3/c1-3-6(7(12)13-2)4-5-14-8(9,10)11/h4H,3,5H2,1-2H3. The third-order valence-corrected chi connectivity index (χ3v) is 1.41. The molecule has 0 saturated heterocycles. The molecular weight excluding hydrogens is 201 g/mol. The summed E-state index contributed by atoms with van der Waals surface area (Å²) in [5.74, 6) is -0.640. The molecule has 0 amide bonds. The van der Waals surface area contributed by atoms with Crippen LogP contribution in [0.25, 0.3) is 0 Å². The number of hydrogen-bond donors (Lipinski definition) is 0. The Kier molecular flexibility index (Phi) is 5.22. The minimum absolute atomic E-state index is 0.164. The minimum Gasteiger partial charge on any atom is -0.466 e. The van der Waals surface area contributed by atoms with Gasteiger partial charge in [-0.15, -0.1) is 13.2 Å². The van der Waals surface area contributed by atoms with Crippen LogP contribution in [-0.2, 0) is 14.3 Å². The molecule has 82 valence electrons. The first-order valence-electron chi connectivity index (χ1n) is 3.88. The highest BCUT2D eigenvalue weighted by atomic mass is 19.4. The lowest BCUT2D eigenvalue weighted by atomic mass is 10.2. The zero-order chi connectivity index (χ0) is 11.2. The second kappa shape index (κ2) is 5.64. The topological polar surface area (TPSA) is 35.5 Å². The van der Waals surface area contributed by atoms with Crippen molar-refractivity contribution in [3.63, 3.8) is 0 Å². The van der Waals surface area contributed by atoms with E-state index in [4.69, 9.17) is 0 Å². The number of halogens is 3. The number of methoxy groups -OCH3 is 1. The van der Waals surface area contributed by atoms with Crippen molar-refractivity contribution >= 4 is 5.97 Å². The highest BCUT2D eigenvalue weighted by molar-refractivity contribution is 5.88. The van der Waals surface area contributed by atoms with E-state index >= 15 is 0 Å². The van der Waals surface area contributed by atoms with E-state index in [1.807, 2.05) is 0 Å². The number of ether oxygens (including phenoxy) is 2. The van der Waals surface area contributed by atoms with Crippen LogP contribution in [0.2, 0.25) is 0 Å². The maximum atomic E-state index is 11.5. The number of alkyl halides is 3. The molecule has 0 saturated carbocycles. The molecule has 0 atom stereocenters. The van der Waals surface area contributed by atoms with Gasteiger partial charge in [-0.25, -0.2) is 4.79 Å². The van der Waals surface area contributed by atoms with Gasteiger partial charge in [0.25, 0.3) is 0 Å². The minimum atomic E-state index is -4.68. The van der Waals surface area contributed by atoms with Crippen molar-refractivity contribution in [1.82, 2.24) is 0 Å². The SMILES string of the molecule is CCC(=CCOC(F)(F)F)C(=O)OC. The van der Waals surface area contributed by atoms with Crippen molar-refractivity contribution in [2.45, 2.75) is 19.7 Å². The Balaban J connectivity index is 4.13. The van der Waals surface area contributed by atoms with Gasteiger partial charge >= 0.3 is 12.3 Å². The van der Waals surface area contributed by atoms with Gasteiger partial charge in [-0.05, 0) is 12.5 Å². The number of hydrogen-bond acceptors (Lipinski definition) is 3. The predicted octanol–water partition coefficient (Wildman–Crippen LogP) is 2.03. The van der Waals surface area contributed by atoms with Gasteiger partial charge in [0.2, 0.25) is 0 Å². The Bertz CT molecular complexity index is 220. The van der Waals surface area contributed by atoms with Crippen LogP contribution in [0.1, 0.15) is 13.3 Å². The monoisotopic (exact) mass is 212 g/mol. The smallest absolute Gasteiger partial charge is 0.466 e. The third kappa shape index (κ3) is 5.58. The summed E-state index contributed by atoms with van der Waals surface area (Å²) in [6.07, 6.45) is -3.32. The summed E-state index contributed by atoms with van der Waals surface area (Å²) < 4.78 is 42.4. The average Bonchev–Trinajstić information content (AvgIpc) is 2.09. The fourth-order valence-corrected chi connectivity index (χ4v) is 0.740. The van der Waals surface area contributed by atoms with E-state index in [1.165, 1.54) is 0 Å². The molecule has 0 aliphatic rings. The van der Waals surface area contributed by atoms with Crippen molar-refractivity contribution < 1.29 is 27.4 Å². The van der Waals surface area contributed by atoms with Gasteiger partial charge in [0.1, 0.15) is 0 Å². The van der Waals surface area contributed by atoms with E-state index in [2.05, 4.69) is 9.47 Å². The van der Waals surface area contributed by atoms with Gasteiger partial charge in [0.15, 0.2) is 0 Å². The van der Waals surface area contributed by atoms with Crippen LogP contribution in [0.15, 0.2) is 11.6 Å². The summed E-state index contributed by atoms with van der Waals surface area (Å²) in [5, 5.41) is 0. The Morgan fingerprint density at radius 2 is 2.00 bits per heavy atom. The normalized spacial score (nSPS) is 12.8. The molecule has 6 heteroatoms. The molecule has 14 heavy (non-hydrogen) atoms. The lowest BCUT2D eigenvalue weighted by Gasteiger charge is -2.05. The van der Waals surface area contributed by atoms with Gasteiger partial charge < -0.3 is 4.74 Å². The lowest BCUT2D eigenvalue weighted by Crippen LogP contribution is -2.14. The highest BCUT2D eigenvalue weighted by Crippen LogP contribution is 2.16. The molecule has 0 unspecified atom stereocenters. The molecule has 0 heterocycles. The Labute approximate surface area is 79.5 Å². The number of esters is 1. The summed E-state index contributed by atoms with van der Waals surface area (Å²) in [6.45, 7) is 0.956. The molecule has 0 aromatic heterocycles. The molecule has 0 rings (SSSR count). The van der Waals surface area contributed by atoms with Crippen LogP contribution >= 0.6 is 0 Å². The molecule has 3 nitrogen and oxygen atoms in total. The lowest BCUT2D eigenvalue weighted by molar-refractivity contribution is -0.319. The fraction of sp³-hybridized carbons (Fsp3) is 0.625. The first-order chi connectivity index (χ1) is 6.40. The van der Waals surface area contributed by atoms with Crippen LogP contribution in [0, 0.1) is 0 Å². The maximum absolute atomic E-state index is 11.5. The Morgan fingerprint density at radius 3 is 2.36 bits per heavy atom. The average molecular weight is 212 g/mol. The summed E-state index contributed by atoms with van der Waals surface area (Å²) in [4.78, 5) is 10.9. The summed E-state index contributed by atoms with van der Waals surface area (Å²) >= 11 is 0. The summed E-state index contributed by atoms with van der Waals surface area (Å²) in [7, 11) is 1.16. The van der Waals surface area contributed by atoms with Gasteiger partial charge in [0, 0.05) is 5.57 Å². The zero-order valence-corrected chi connectivity index (χ0v) is 7.85. The quantitative estimate of drug-likeness (QED) is 0.528. The molecule has 0 fully saturated rings. The molecule has 0 aromatic carbocycles. The molecule has 0 bridgehead atoms. The molecule has 0 aromatic rings. The van der Waals surface area contributed by atoms with Gasteiger partial charge in [-0.3, -0.25) is 4.74 Å².